The van der Waals surface area contributed by atoms with Gasteiger partial charge >= 0.3 is 0 Å². The van der Waals surface area contributed by atoms with Gasteiger partial charge in [0, 0.05) is 18.3 Å². The third-order valence-electron chi connectivity index (χ3n) is 2.34. The average molecular weight is 376 g/mol. The Morgan fingerprint density at radius 1 is 1.37 bits per heavy atom. The number of halogens is 1. The highest BCUT2D eigenvalue weighted by atomic mass is 127. The van der Waals surface area contributed by atoms with E-state index in [-0.39, 0.29) is 29.5 Å². The van der Waals surface area contributed by atoms with Crippen molar-refractivity contribution in [3.8, 4) is 0 Å². The number of guanidine groups is 1. The summed E-state index contributed by atoms with van der Waals surface area (Å²) in [5.41, 5.74) is 2.19. The SMILES string of the molecule is CCNC(=NCc1ncccc1C)NC(C)(C)C.I. The van der Waals surface area contributed by atoms with E-state index in [4.69, 9.17) is 0 Å². The highest BCUT2D eigenvalue weighted by Gasteiger charge is 2.11. The van der Waals surface area contributed by atoms with Crippen LogP contribution in [0.3, 0.4) is 0 Å². The molecule has 0 unspecified atom stereocenters. The number of aliphatic imine (C=N–C) groups is 1. The van der Waals surface area contributed by atoms with Gasteiger partial charge in [0.2, 0.25) is 0 Å². The normalized spacial score (nSPS) is 11.7. The van der Waals surface area contributed by atoms with E-state index in [0.29, 0.717) is 6.54 Å². The minimum atomic E-state index is 0. The maximum Gasteiger partial charge on any atom is 0.192 e. The van der Waals surface area contributed by atoms with Crippen LogP contribution < -0.4 is 10.6 Å². The molecule has 0 saturated carbocycles. The minimum Gasteiger partial charge on any atom is -0.357 e. The van der Waals surface area contributed by atoms with Gasteiger partial charge < -0.3 is 10.6 Å². The van der Waals surface area contributed by atoms with Gasteiger partial charge in [0.15, 0.2) is 5.96 Å². The molecule has 1 aromatic heterocycles. The molecule has 108 valence electrons. The standard InChI is InChI=1S/C14H24N4.HI/c1-6-15-13(18-14(3,4)5)17-10-12-11(2)8-7-9-16-12;/h7-9H,6,10H2,1-5H3,(H2,15,17,18);1H. The number of rotatable bonds is 3. The number of hydrogen-bond acceptors (Lipinski definition) is 2. The lowest BCUT2D eigenvalue weighted by Crippen LogP contribution is -2.47. The third-order valence-corrected chi connectivity index (χ3v) is 2.34. The zero-order valence-corrected chi connectivity index (χ0v) is 14.8. The Balaban J connectivity index is 0.00000324. The topological polar surface area (TPSA) is 49.3 Å². The Labute approximate surface area is 133 Å². The van der Waals surface area contributed by atoms with Crippen LogP contribution in [0.2, 0.25) is 0 Å². The van der Waals surface area contributed by atoms with Crippen molar-refractivity contribution in [3.05, 3.63) is 29.6 Å². The molecular weight excluding hydrogens is 351 g/mol. The maximum atomic E-state index is 4.56. The van der Waals surface area contributed by atoms with E-state index >= 15 is 0 Å². The van der Waals surface area contributed by atoms with Gasteiger partial charge in [-0.25, -0.2) is 4.99 Å². The maximum absolute atomic E-state index is 4.56. The lowest BCUT2D eigenvalue weighted by Gasteiger charge is -2.23. The largest absolute Gasteiger partial charge is 0.357 e. The molecule has 0 amide bonds. The average Bonchev–Trinajstić information content (AvgIpc) is 2.26. The van der Waals surface area contributed by atoms with E-state index in [1.54, 1.807) is 0 Å². The first kappa shape index (κ1) is 18.1. The lowest BCUT2D eigenvalue weighted by atomic mass is 10.1. The second kappa shape index (κ2) is 8.35. The molecule has 1 heterocycles. The van der Waals surface area contributed by atoms with Gasteiger partial charge in [-0.05, 0) is 46.2 Å². The van der Waals surface area contributed by atoms with Crippen LogP contribution in [0.25, 0.3) is 0 Å². The number of hydrogen-bond donors (Lipinski definition) is 2. The molecule has 0 aliphatic heterocycles. The molecule has 0 radical (unpaired) electrons. The van der Waals surface area contributed by atoms with Gasteiger partial charge in [0.05, 0.1) is 12.2 Å². The van der Waals surface area contributed by atoms with Crippen molar-refractivity contribution >= 4 is 29.9 Å². The number of aryl methyl sites for hydroxylation is 1. The molecular formula is C14H25IN4. The summed E-state index contributed by atoms with van der Waals surface area (Å²) in [5, 5.41) is 6.60. The number of aromatic nitrogens is 1. The first-order valence-electron chi connectivity index (χ1n) is 6.39. The lowest BCUT2D eigenvalue weighted by molar-refractivity contribution is 0.501. The van der Waals surface area contributed by atoms with Crippen LogP contribution in [0, 0.1) is 6.92 Å². The first-order chi connectivity index (χ1) is 8.42. The molecule has 1 aromatic rings. The molecule has 0 aromatic carbocycles. The Morgan fingerprint density at radius 3 is 2.58 bits per heavy atom. The van der Waals surface area contributed by atoms with Crippen LogP contribution in [-0.4, -0.2) is 23.0 Å². The number of nitrogens with zero attached hydrogens (tertiary/aromatic N) is 2. The number of nitrogens with one attached hydrogen (secondary N) is 2. The second-order valence-corrected chi connectivity index (χ2v) is 5.34. The van der Waals surface area contributed by atoms with Crippen molar-refractivity contribution in [2.75, 3.05) is 6.54 Å². The first-order valence-corrected chi connectivity index (χ1v) is 6.39. The van der Waals surface area contributed by atoms with Crippen LogP contribution >= 0.6 is 24.0 Å². The molecule has 5 heteroatoms. The molecule has 2 N–H and O–H groups in total. The molecule has 1 rings (SSSR count). The second-order valence-electron chi connectivity index (χ2n) is 5.34. The van der Waals surface area contributed by atoms with E-state index in [1.165, 1.54) is 5.56 Å². The van der Waals surface area contributed by atoms with Crippen molar-refractivity contribution in [2.45, 2.75) is 46.7 Å². The summed E-state index contributed by atoms with van der Waals surface area (Å²) in [4.78, 5) is 8.91. The van der Waals surface area contributed by atoms with E-state index in [2.05, 4.69) is 61.3 Å². The van der Waals surface area contributed by atoms with Gasteiger partial charge in [0.25, 0.3) is 0 Å². The minimum absolute atomic E-state index is 0. The summed E-state index contributed by atoms with van der Waals surface area (Å²) in [6, 6.07) is 4.00. The summed E-state index contributed by atoms with van der Waals surface area (Å²) in [7, 11) is 0. The van der Waals surface area contributed by atoms with Crippen LogP contribution in [0.1, 0.15) is 39.0 Å². The van der Waals surface area contributed by atoms with Gasteiger partial charge in [-0.3, -0.25) is 4.98 Å². The van der Waals surface area contributed by atoms with E-state index in [9.17, 15) is 0 Å². The monoisotopic (exact) mass is 376 g/mol. The predicted molar refractivity (Wildman–Crippen MR) is 92.1 cm³/mol. The summed E-state index contributed by atoms with van der Waals surface area (Å²) in [6.45, 7) is 11.9. The number of pyridine rings is 1. The van der Waals surface area contributed by atoms with E-state index < -0.39 is 0 Å². The molecule has 0 fully saturated rings. The van der Waals surface area contributed by atoms with Gasteiger partial charge in [0.1, 0.15) is 0 Å². The highest BCUT2D eigenvalue weighted by Crippen LogP contribution is 2.05. The molecule has 0 aliphatic rings. The Bertz CT molecular complexity index is 410. The van der Waals surface area contributed by atoms with Gasteiger partial charge in [-0.15, -0.1) is 24.0 Å². The van der Waals surface area contributed by atoms with Gasteiger partial charge in [-0.1, -0.05) is 6.07 Å². The van der Waals surface area contributed by atoms with Gasteiger partial charge in [-0.2, -0.15) is 0 Å². The summed E-state index contributed by atoms with van der Waals surface area (Å²) >= 11 is 0. The zero-order chi connectivity index (χ0) is 13.6. The fourth-order valence-electron chi connectivity index (χ4n) is 1.50. The van der Waals surface area contributed by atoms with Crippen molar-refractivity contribution in [1.29, 1.82) is 0 Å². The van der Waals surface area contributed by atoms with Crippen LogP contribution in [-0.2, 0) is 6.54 Å². The Kier molecular flexibility index (Phi) is 7.97. The van der Waals surface area contributed by atoms with Crippen LogP contribution in [0.15, 0.2) is 23.3 Å². The molecule has 0 atom stereocenters. The quantitative estimate of drug-likeness (QED) is 0.485. The highest BCUT2D eigenvalue weighted by molar-refractivity contribution is 14.0. The summed E-state index contributed by atoms with van der Waals surface area (Å²) < 4.78 is 0. The summed E-state index contributed by atoms with van der Waals surface area (Å²) in [6.07, 6.45) is 1.81. The molecule has 0 spiro atoms. The summed E-state index contributed by atoms with van der Waals surface area (Å²) in [5.74, 6) is 0.829. The van der Waals surface area contributed by atoms with Crippen molar-refractivity contribution in [1.82, 2.24) is 15.6 Å². The molecule has 4 nitrogen and oxygen atoms in total. The zero-order valence-electron chi connectivity index (χ0n) is 12.4. The van der Waals surface area contributed by atoms with Crippen LogP contribution in [0.4, 0.5) is 0 Å². The van der Waals surface area contributed by atoms with Crippen molar-refractivity contribution in [3.63, 3.8) is 0 Å². The molecule has 0 saturated heterocycles. The molecule has 19 heavy (non-hydrogen) atoms. The molecule has 0 bridgehead atoms. The van der Waals surface area contributed by atoms with E-state index in [1.807, 2.05) is 12.3 Å². The fraction of sp³-hybridized carbons (Fsp3) is 0.571. The predicted octanol–water partition coefficient (Wildman–Crippen LogP) is 2.86. The van der Waals surface area contributed by atoms with Crippen molar-refractivity contribution in [2.24, 2.45) is 4.99 Å². The van der Waals surface area contributed by atoms with Crippen LogP contribution in [0.5, 0.6) is 0 Å². The van der Waals surface area contributed by atoms with E-state index in [0.717, 1.165) is 18.2 Å². The smallest absolute Gasteiger partial charge is 0.192 e. The molecule has 0 aliphatic carbocycles. The Hall–Kier alpha value is -0.850. The Morgan fingerprint density at radius 2 is 2.05 bits per heavy atom. The fourth-order valence-corrected chi connectivity index (χ4v) is 1.50. The third kappa shape index (κ3) is 7.34. The van der Waals surface area contributed by atoms with Crippen molar-refractivity contribution < 1.29 is 0 Å².